The molecule has 2 rings (SSSR count). The van der Waals surface area contributed by atoms with Gasteiger partial charge in [-0.15, -0.1) is 0 Å². The van der Waals surface area contributed by atoms with Crippen molar-refractivity contribution in [2.75, 3.05) is 0 Å². The van der Waals surface area contributed by atoms with Crippen LogP contribution in [0.25, 0.3) is 0 Å². The topological polar surface area (TPSA) is 99.1 Å². The van der Waals surface area contributed by atoms with Gasteiger partial charge in [-0.05, 0) is 20.3 Å². The molecule has 0 bridgehead atoms. The fourth-order valence-electron chi connectivity index (χ4n) is 1.81. The minimum Gasteiger partial charge on any atom is -0.445 e. The van der Waals surface area contributed by atoms with Gasteiger partial charge in [0.2, 0.25) is 11.8 Å². The molecule has 0 amide bonds. The van der Waals surface area contributed by atoms with Crippen molar-refractivity contribution < 1.29 is 17.4 Å². The molecule has 0 saturated carbocycles. The number of unbranched alkanes of at least 4 members (excludes halogenated alkanes) is 1. The van der Waals surface area contributed by atoms with E-state index >= 15 is 0 Å². The maximum Gasteiger partial charge on any atom is 0.241 e. The van der Waals surface area contributed by atoms with Crippen molar-refractivity contribution in [3.05, 3.63) is 29.1 Å². The van der Waals surface area contributed by atoms with Gasteiger partial charge in [-0.3, -0.25) is 0 Å². The molecule has 0 unspecified atom stereocenters. The molecule has 0 aliphatic heterocycles. The molecule has 0 radical (unpaired) electrons. The molecule has 0 aromatic carbocycles. The van der Waals surface area contributed by atoms with Gasteiger partial charge in [0.15, 0.2) is 15.7 Å². The second kappa shape index (κ2) is 6.38. The Balaban J connectivity index is 2.01. The van der Waals surface area contributed by atoms with Crippen LogP contribution in [-0.4, -0.2) is 23.5 Å². The van der Waals surface area contributed by atoms with Crippen molar-refractivity contribution in [3.63, 3.8) is 0 Å². The predicted octanol–water partition coefficient (Wildman–Crippen LogP) is 2.13. The summed E-state index contributed by atoms with van der Waals surface area (Å²) in [6, 6.07) is 0. The molecule has 7 nitrogen and oxygen atoms in total. The van der Waals surface area contributed by atoms with E-state index in [-0.39, 0.29) is 23.3 Å². The third-order valence-electron chi connectivity index (χ3n) is 3.02. The average Bonchev–Trinajstić information content (AvgIpc) is 2.93. The summed E-state index contributed by atoms with van der Waals surface area (Å²) >= 11 is 0. The first-order valence-corrected chi connectivity index (χ1v) is 8.66. The van der Waals surface area contributed by atoms with Gasteiger partial charge in [0.25, 0.3) is 0 Å². The lowest BCUT2D eigenvalue weighted by Gasteiger charge is -1.97. The van der Waals surface area contributed by atoms with Crippen LogP contribution in [0.1, 0.15) is 48.8 Å². The van der Waals surface area contributed by atoms with E-state index in [9.17, 15) is 8.42 Å². The minimum atomic E-state index is -3.45. The number of nitrogens with zero attached hydrogens (tertiary/aromatic N) is 3. The highest BCUT2D eigenvalue weighted by Gasteiger charge is 2.21. The molecule has 8 heteroatoms. The molecule has 21 heavy (non-hydrogen) atoms. The Morgan fingerprint density at radius 3 is 2.43 bits per heavy atom. The van der Waals surface area contributed by atoms with Crippen LogP contribution >= 0.6 is 0 Å². The van der Waals surface area contributed by atoms with Crippen molar-refractivity contribution >= 4 is 9.84 Å². The zero-order valence-corrected chi connectivity index (χ0v) is 13.2. The third-order valence-corrected chi connectivity index (χ3v) is 4.40. The second-order valence-electron chi connectivity index (χ2n) is 4.99. The molecule has 2 aromatic rings. The van der Waals surface area contributed by atoms with E-state index < -0.39 is 9.84 Å². The van der Waals surface area contributed by atoms with Gasteiger partial charge in [-0.25, -0.2) is 13.4 Å². The summed E-state index contributed by atoms with van der Waals surface area (Å²) in [7, 11) is -3.45. The molecular formula is C13H19N3O4S. The SMILES string of the molecule is CCCCc1noc(CS(=O)(=O)Cc2nc(C)c(C)o2)n1. The summed E-state index contributed by atoms with van der Waals surface area (Å²) < 4.78 is 34.4. The van der Waals surface area contributed by atoms with Crippen LogP contribution in [0.5, 0.6) is 0 Å². The van der Waals surface area contributed by atoms with Gasteiger partial charge >= 0.3 is 0 Å². The van der Waals surface area contributed by atoms with E-state index in [0.29, 0.717) is 23.7 Å². The zero-order valence-electron chi connectivity index (χ0n) is 12.4. The fourth-order valence-corrected chi connectivity index (χ4v) is 2.91. The van der Waals surface area contributed by atoms with Crippen LogP contribution < -0.4 is 0 Å². The Labute approximate surface area is 123 Å². The summed E-state index contributed by atoms with van der Waals surface area (Å²) in [5.74, 6) is 0.905. The Morgan fingerprint density at radius 2 is 1.81 bits per heavy atom. The number of hydrogen-bond donors (Lipinski definition) is 0. The van der Waals surface area contributed by atoms with Gasteiger partial charge in [0, 0.05) is 6.42 Å². The lowest BCUT2D eigenvalue weighted by atomic mass is 10.2. The van der Waals surface area contributed by atoms with Crippen LogP contribution in [0, 0.1) is 13.8 Å². The van der Waals surface area contributed by atoms with E-state index in [1.54, 1.807) is 13.8 Å². The van der Waals surface area contributed by atoms with E-state index in [1.807, 2.05) is 0 Å². The first kappa shape index (κ1) is 15.7. The molecule has 0 fully saturated rings. The monoisotopic (exact) mass is 313 g/mol. The third kappa shape index (κ3) is 4.38. The number of aryl methyl sites for hydroxylation is 3. The smallest absolute Gasteiger partial charge is 0.241 e. The molecule has 0 N–H and O–H groups in total. The molecule has 2 heterocycles. The second-order valence-corrected chi connectivity index (χ2v) is 7.05. The Morgan fingerprint density at radius 1 is 1.10 bits per heavy atom. The van der Waals surface area contributed by atoms with Gasteiger partial charge < -0.3 is 8.94 Å². The fraction of sp³-hybridized carbons (Fsp3) is 0.615. The van der Waals surface area contributed by atoms with Crippen LogP contribution in [-0.2, 0) is 27.8 Å². The highest BCUT2D eigenvalue weighted by atomic mass is 32.2. The predicted molar refractivity (Wildman–Crippen MR) is 75.2 cm³/mol. The Hall–Kier alpha value is -1.70. The molecule has 0 aliphatic rings. The molecule has 0 saturated heterocycles. The molecule has 116 valence electrons. The van der Waals surface area contributed by atoms with Crippen molar-refractivity contribution in [1.82, 2.24) is 15.1 Å². The maximum atomic E-state index is 12.1. The summed E-state index contributed by atoms with van der Waals surface area (Å²) in [6.07, 6.45) is 2.66. The average molecular weight is 313 g/mol. The number of hydrogen-bond acceptors (Lipinski definition) is 7. The van der Waals surface area contributed by atoms with Crippen LogP contribution in [0.15, 0.2) is 8.94 Å². The van der Waals surface area contributed by atoms with Crippen molar-refractivity contribution in [1.29, 1.82) is 0 Å². The van der Waals surface area contributed by atoms with Gasteiger partial charge in [0.1, 0.15) is 17.3 Å². The summed E-state index contributed by atoms with van der Waals surface area (Å²) in [5.41, 5.74) is 0.694. The lowest BCUT2D eigenvalue weighted by molar-refractivity contribution is 0.382. The Bertz CT molecular complexity index is 683. The lowest BCUT2D eigenvalue weighted by Crippen LogP contribution is -2.08. The van der Waals surface area contributed by atoms with E-state index in [4.69, 9.17) is 8.94 Å². The number of oxazole rings is 1. The van der Waals surface area contributed by atoms with Gasteiger partial charge in [0.05, 0.1) is 5.69 Å². The first-order valence-electron chi connectivity index (χ1n) is 6.84. The standard InChI is InChI=1S/C13H19N3O4S/c1-4-5-6-11-15-13(20-16-11)8-21(17,18)7-12-14-9(2)10(3)19-12/h4-8H2,1-3H3. The Kier molecular flexibility index (Phi) is 4.76. The number of aromatic nitrogens is 3. The van der Waals surface area contributed by atoms with E-state index in [2.05, 4.69) is 22.0 Å². The number of sulfone groups is 1. The molecule has 0 spiro atoms. The quantitative estimate of drug-likeness (QED) is 0.772. The normalized spacial score (nSPS) is 12.0. The molecule has 0 aliphatic carbocycles. The highest BCUT2D eigenvalue weighted by Crippen LogP contribution is 2.14. The van der Waals surface area contributed by atoms with Crippen molar-refractivity contribution in [2.24, 2.45) is 0 Å². The largest absolute Gasteiger partial charge is 0.445 e. The first-order chi connectivity index (χ1) is 9.89. The summed E-state index contributed by atoms with van der Waals surface area (Å²) in [6.45, 7) is 5.58. The van der Waals surface area contributed by atoms with Crippen molar-refractivity contribution in [3.8, 4) is 0 Å². The minimum absolute atomic E-state index is 0.112. The molecule has 2 aromatic heterocycles. The molecular weight excluding hydrogens is 294 g/mol. The highest BCUT2D eigenvalue weighted by molar-refractivity contribution is 7.89. The van der Waals surface area contributed by atoms with Crippen LogP contribution in [0.4, 0.5) is 0 Å². The van der Waals surface area contributed by atoms with E-state index in [0.717, 1.165) is 12.8 Å². The maximum absolute atomic E-state index is 12.1. The summed E-state index contributed by atoms with van der Waals surface area (Å²) in [5, 5.41) is 3.77. The zero-order chi connectivity index (χ0) is 15.5. The number of rotatable bonds is 7. The van der Waals surface area contributed by atoms with Crippen LogP contribution in [0.3, 0.4) is 0 Å². The van der Waals surface area contributed by atoms with Gasteiger partial charge in [-0.1, -0.05) is 18.5 Å². The molecule has 0 atom stereocenters. The van der Waals surface area contributed by atoms with Gasteiger partial charge in [-0.2, -0.15) is 4.98 Å². The van der Waals surface area contributed by atoms with Crippen molar-refractivity contribution in [2.45, 2.75) is 51.5 Å². The van der Waals surface area contributed by atoms with Crippen LogP contribution in [0.2, 0.25) is 0 Å². The van der Waals surface area contributed by atoms with E-state index in [1.165, 1.54) is 0 Å². The summed E-state index contributed by atoms with van der Waals surface area (Å²) in [4.78, 5) is 8.16.